The minimum Gasteiger partial charge on any atom is -0.349 e. The summed E-state index contributed by atoms with van der Waals surface area (Å²) >= 11 is 1.78. The number of rotatable bonds is 4. The zero-order valence-electron chi connectivity index (χ0n) is 20.5. The molecule has 14 heteroatoms. The number of fused-ring (bicyclic) bond motifs is 1. The van der Waals surface area contributed by atoms with E-state index >= 15 is 0 Å². The van der Waals surface area contributed by atoms with Crippen molar-refractivity contribution in [3.8, 4) is 0 Å². The van der Waals surface area contributed by atoms with Crippen molar-refractivity contribution in [1.82, 2.24) is 29.2 Å². The Morgan fingerprint density at radius 1 is 1.05 bits per heavy atom. The highest BCUT2D eigenvalue weighted by molar-refractivity contribution is 7.99. The second-order valence-electron chi connectivity index (χ2n) is 9.74. The molecule has 0 atom stereocenters. The number of carbonyl (C=O) groups excluding carboxylic acids is 1. The van der Waals surface area contributed by atoms with E-state index in [9.17, 15) is 31.9 Å². The van der Waals surface area contributed by atoms with E-state index in [2.05, 4.69) is 15.4 Å². The molecule has 1 amide bonds. The van der Waals surface area contributed by atoms with Gasteiger partial charge in [-0.25, -0.2) is 14.2 Å². The third kappa shape index (κ3) is 4.97. The molecule has 204 valence electrons. The molecule has 1 saturated carbocycles. The van der Waals surface area contributed by atoms with E-state index in [0.29, 0.717) is 25.7 Å². The Hall–Kier alpha value is -3.16. The number of nitrogens with zero attached hydrogens (tertiary/aromatic N) is 5. The summed E-state index contributed by atoms with van der Waals surface area (Å²) in [6, 6.07) is 0.0122. The van der Waals surface area contributed by atoms with E-state index in [-0.39, 0.29) is 17.1 Å². The summed E-state index contributed by atoms with van der Waals surface area (Å²) < 4.78 is 57.5. The predicted molar refractivity (Wildman–Crippen MR) is 133 cm³/mol. The molecule has 0 unspecified atom stereocenters. The third-order valence-corrected chi connectivity index (χ3v) is 8.27. The van der Waals surface area contributed by atoms with Gasteiger partial charge in [-0.15, -0.1) is 0 Å². The molecular formula is C24H26F4N6O3S. The lowest BCUT2D eigenvalue weighted by Gasteiger charge is -2.31. The van der Waals surface area contributed by atoms with Gasteiger partial charge in [0.1, 0.15) is 11.5 Å². The lowest BCUT2D eigenvalue weighted by Crippen LogP contribution is -2.46. The van der Waals surface area contributed by atoms with Gasteiger partial charge >= 0.3 is 11.9 Å². The van der Waals surface area contributed by atoms with Crippen molar-refractivity contribution < 1.29 is 22.4 Å². The summed E-state index contributed by atoms with van der Waals surface area (Å²) in [6.45, 7) is 0. The second kappa shape index (κ2) is 10.2. The molecule has 1 saturated heterocycles. The molecule has 2 aliphatic rings. The average molecular weight is 555 g/mol. The third-order valence-electron chi connectivity index (χ3n) is 7.22. The van der Waals surface area contributed by atoms with Gasteiger partial charge in [0.25, 0.3) is 11.5 Å². The van der Waals surface area contributed by atoms with Crippen LogP contribution in [-0.2, 0) is 13.2 Å². The summed E-state index contributed by atoms with van der Waals surface area (Å²) in [5.41, 5.74) is -2.74. The highest BCUT2D eigenvalue weighted by Crippen LogP contribution is 2.32. The quantitative estimate of drug-likeness (QED) is 0.496. The first-order valence-corrected chi connectivity index (χ1v) is 13.5. The van der Waals surface area contributed by atoms with Crippen molar-refractivity contribution in [3.05, 3.63) is 56.4 Å². The van der Waals surface area contributed by atoms with Gasteiger partial charge < -0.3 is 5.32 Å². The Morgan fingerprint density at radius 2 is 1.71 bits per heavy atom. The summed E-state index contributed by atoms with van der Waals surface area (Å²) in [5.74, 6) is 0.161. The second-order valence-corrected chi connectivity index (χ2v) is 11.0. The number of aromatic nitrogens is 5. The number of hydrogen-bond donors (Lipinski definition) is 1. The first kappa shape index (κ1) is 26.4. The van der Waals surface area contributed by atoms with E-state index in [1.54, 1.807) is 11.8 Å². The lowest BCUT2D eigenvalue weighted by atomic mass is 9.90. The number of carbonyl (C=O) groups is 1. The fourth-order valence-electron chi connectivity index (χ4n) is 5.40. The van der Waals surface area contributed by atoms with Crippen molar-refractivity contribution >= 4 is 28.7 Å². The van der Waals surface area contributed by atoms with E-state index in [0.717, 1.165) is 47.5 Å². The number of pyridine rings is 1. The zero-order chi connectivity index (χ0) is 27.2. The van der Waals surface area contributed by atoms with Gasteiger partial charge in [-0.2, -0.15) is 30.0 Å². The first-order valence-electron chi connectivity index (χ1n) is 12.4. The van der Waals surface area contributed by atoms with Crippen LogP contribution in [-0.4, -0.2) is 47.4 Å². The fourth-order valence-corrected chi connectivity index (χ4v) is 6.49. The van der Waals surface area contributed by atoms with Gasteiger partial charge in [0.15, 0.2) is 5.69 Å². The molecule has 1 aliphatic heterocycles. The molecule has 2 fully saturated rings. The summed E-state index contributed by atoms with van der Waals surface area (Å²) in [5, 5.41) is 6.04. The van der Waals surface area contributed by atoms with Crippen LogP contribution < -0.4 is 16.6 Å². The molecule has 3 aromatic rings. The minimum absolute atomic E-state index is 0.0366. The van der Waals surface area contributed by atoms with Crippen LogP contribution in [0, 0.1) is 5.82 Å². The van der Waals surface area contributed by atoms with E-state index in [1.165, 1.54) is 16.2 Å². The van der Waals surface area contributed by atoms with Crippen molar-refractivity contribution in [3.63, 3.8) is 0 Å². The SMILES string of the molecule is Cn1cc(C(=O)NC2CCC(n3c(=O)c4cc(F)cnc4n(C4CCSCC4)c3=O)CC2)c(C(F)(F)F)n1. The van der Waals surface area contributed by atoms with Crippen LogP contribution in [0.2, 0.25) is 0 Å². The highest BCUT2D eigenvalue weighted by Gasteiger charge is 2.39. The minimum atomic E-state index is -4.77. The van der Waals surface area contributed by atoms with E-state index in [4.69, 9.17) is 0 Å². The Labute approximate surface area is 218 Å². The molecule has 0 radical (unpaired) electrons. The normalized spacial score (nSPS) is 21.1. The monoisotopic (exact) mass is 554 g/mol. The largest absolute Gasteiger partial charge is 0.435 e. The van der Waals surface area contributed by atoms with Crippen molar-refractivity contribution in [2.45, 2.75) is 62.8 Å². The number of amides is 1. The van der Waals surface area contributed by atoms with Crippen LogP contribution in [0.4, 0.5) is 17.6 Å². The predicted octanol–water partition coefficient (Wildman–Crippen LogP) is 3.43. The summed E-state index contributed by atoms with van der Waals surface area (Å²) in [6.07, 6.45) is 0.0920. The van der Waals surface area contributed by atoms with Crippen LogP contribution >= 0.6 is 11.8 Å². The van der Waals surface area contributed by atoms with Crippen molar-refractivity contribution in [2.75, 3.05) is 11.5 Å². The fraction of sp³-hybridized carbons (Fsp3) is 0.542. The molecule has 0 spiro atoms. The maximum absolute atomic E-state index is 14.1. The highest BCUT2D eigenvalue weighted by atomic mass is 32.2. The van der Waals surface area contributed by atoms with Gasteiger partial charge in [0.2, 0.25) is 0 Å². The Morgan fingerprint density at radius 3 is 2.37 bits per heavy atom. The van der Waals surface area contributed by atoms with Crippen LogP contribution in [0.5, 0.6) is 0 Å². The molecule has 3 aromatic heterocycles. The van der Waals surface area contributed by atoms with Gasteiger partial charge in [-0.3, -0.25) is 23.4 Å². The smallest absolute Gasteiger partial charge is 0.349 e. The van der Waals surface area contributed by atoms with Crippen molar-refractivity contribution in [1.29, 1.82) is 0 Å². The number of alkyl halides is 3. The Kier molecular flexibility index (Phi) is 7.09. The summed E-state index contributed by atoms with van der Waals surface area (Å²) in [7, 11) is 1.30. The number of nitrogens with one attached hydrogen (secondary N) is 1. The maximum Gasteiger partial charge on any atom is 0.435 e. The standard InChI is InChI=1S/C24H26F4N6O3S/c1-32-12-18(19(31-32)24(26,27)28)21(35)30-14-2-4-15(5-3-14)34-22(36)17-10-13(25)11-29-20(17)33(23(34)37)16-6-8-38-9-7-16/h10-12,14-16H,2-9H2,1H3,(H,30,35). The van der Waals surface area contributed by atoms with Crippen LogP contribution in [0.25, 0.3) is 11.0 Å². The zero-order valence-corrected chi connectivity index (χ0v) is 21.3. The topological polar surface area (TPSA) is 104 Å². The van der Waals surface area contributed by atoms with Gasteiger partial charge in [-0.1, -0.05) is 0 Å². The van der Waals surface area contributed by atoms with Gasteiger partial charge in [-0.05, 0) is 56.1 Å². The number of hydrogen-bond acceptors (Lipinski definition) is 6. The number of thioether (sulfide) groups is 1. The van der Waals surface area contributed by atoms with Crippen LogP contribution in [0.1, 0.15) is 66.7 Å². The lowest BCUT2D eigenvalue weighted by molar-refractivity contribution is -0.141. The molecule has 4 heterocycles. The van der Waals surface area contributed by atoms with Gasteiger partial charge in [0, 0.05) is 31.4 Å². The van der Waals surface area contributed by atoms with Crippen LogP contribution in [0.15, 0.2) is 28.0 Å². The Balaban J connectivity index is 1.40. The Bertz CT molecular complexity index is 1480. The molecule has 1 aliphatic carbocycles. The molecule has 38 heavy (non-hydrogen) atoms. The molecule has 1 N–H and O–H groups in total. The van der Waals surface area contributed by atoms with E-state index in [1.807, 2.05) is 0 Å². The molecular weight excluding hydrogens is 528 g/mol. The molecule has 9 nitrogen and oxygen atoms in total. The first-order chi connectivity index (χ1) is 18.0. The van der Waals surface area contributed by atoms with Gasteiger partial charge in [0.05, 0.1) is 17.1 Å². The van der Waals surface area contributed by atoms with E-state index < -0.39 is 52.5 Å². The molecule has 0 aromatic carbocycles. The summed E-state index contributed by atoms with van der Waals surface area (Å²) in [4.78, 5) is 43.8. The molecule has 5 rings (SSSR count). The molecule has 0 bridgehead atoms. The average Bonchev–Trinajstić information content (AvgIpc) is 3.29. The number of halogens is 4. The van der Waals surface area contributed by atoms with Crippen molar-refractivity contribution in [2.24, 2.45) is 7.05 Å². The maximum atomic E-state index is 14.1. The number of aryl methyl sites for hydroxylation is 1. The van der Waals surface area contributed by atoms with Crippen LogP contribution in [0.3, 0.4) is 0 Å².